The molecule has 2 amide bonds. The monoisotopic (exact) mass is 456 g/mol. The predicted octanol–water partition coefficient (Wildman–Crippen LogP) is 2.60. The first-order valence-electron chi connectivity index (χ1n) is 11.8. The van der Waals surface area contributed by atoms with Gasteiger partial charge >= 0.3 is 0 Å². The molecule has 2 aromatic heterocycles. The molecule has 0 spiro atoms. The number of nitrogens with zero attached hydrogens (tertiary/aromatic N) is 6. The highest BCUT2D eigenvalue weighted by Gasteiger charge is 2.42. The van der Waals surface area contributed by atoms with Gasteiger partial charge in [0, 0.05) is 82.2 Å². The summed E-state index contributed by atoms with van der Waals surface area (Å²) in [7, 11) is 3.68. The molecule has 3 aromatic rings. The zero-order valence-electron chi connectivity index (χ0n) is 19.5. The number of carbonyl (C=O) groups excluding carboxylic acids is 2. The summed E-state index contributed by atoms with van der Waals surface area (Å²) >= 11 is 0. The van der Waals surface area contributed by atoms with E-state index in [1.54, 1.807) is 22.0 Å². The predicted molar refractivity (Wildman–Crippen MR) is 130 cm³/mol. The Labute approximate surface area is 198 Å². The van der Waals surface area contributed by atoms with Gasteiger partial charge in [-0.15, -0.1) is 0 Å². The summed E-state index contributed by atoms with van der Waals surface area (Å²) in [5.41, 5.74) is 6.22. The molecular weight excluding hydrogens is 428 g/mol. The number of aromatic nitrogens is 3. The molecule has 5 heterocycles. The van der Waals surface area contributed by atoms with E-state index >= 15 is 0 Å². The standard InChI is InChI=1S/C26H28N6O2/c1-29-12-20(10-28-29)26(34)32-15-21-13-31(14-22(21)16-32)23-8-19(9-27-11-23)17-3-5-24-18(7-17)4-6-25(33)30(24)2/h3,5,7-12,21-22H,4,6,13-16H2,1-2H3/t21-,22+. The lowest BCUT2D eigenvalue weighted by molar-refractivity contribution is -0.118. The molecule has 8 nitrogen and oxygen atoms in total. The third-order valence-corrected chi connectivity index (χ3v) is 7.57. The minimum atomic E-state index is 0.0810. The van der Waals surface area contributed by atoms with Gasteiger partial charge in [-0.3, -0.25) is 19.3 Å². The van der Waals surface area contributed by atoms with Crippen LogP contribution >= 0.6 is 0 Å². The Morgan fingerprint density at radius 1 is 0.941 bits per heavy atom. The number of aryl methyl sites for hydroxylation is 2. The highest BCUT2D eigenvalue weighted by atomic mass is 16.2. The summed E-state index contributed by atoms with van der Waals surface area (Å²) in [6, 6.07) is 8.53. The Balaban J connectivity index is 1.16. The van der Waals surface area contributed by atoms with Gasteiger partial charge in [0.15, 0.2) is 0 Å². The van der Waals surface area contributed by atoms with Gasteiger partial charge in [0.05, 0.1) is 23.6 Å². The van der Waals surface area contributed by atoms with E-state index in [2.05, 4.69) is 33.2 Å². The lowest BCUT2D eigenvalue weighted by Gasteiger charge is -2.26. The van der Waals surface area contributed by atoms with E-state index in [4.69, 9.17) is 0 Å². The zero-order valence-corrected chi connectivity index (χ0v) is 19.5. The maximum absolute atomic E-state index is 12.8. The lowest BCUT2D eigenvalue weighted by Crippen LogP contribution is -2.33. The van der Waals surface area contributed by atoms with Crippen molar-refractivity contribution in [3.8, 4) is 11.1 Å². The number of pyridine rings is 1. The van der Waals surface area contributed by atoms with Crippen molar-refractivity contribution in [1.29, 1.82) is 0 Å². The summed E-state index contributed by atoms with van der Waals surface area (Å²) in [6.45, 7) is 3.45. The van der Waals surface area contributed by atoms with Crippen LogP contribution in [0.3, 0.4) is 0 Å². The second-order valence-electron chi connectivity index (χ2n) is 9.77. The molecule has 3 aliphatic rings. The van der Waals surface area contributed by atoms with Crippen LogP contribution < -0.4 is 9.80 Å². The second kappa shape index (κ2) is 7.97. The highest BCUT2D eigenvalue weighted by Crippen LogP contribution is 2.36. The number of anilines is 2. The first-order chi connectivity index (χ1) is 16.5. The van der Waals surface area contributed by atoms with Gasteiger partial charge in [-0.05, 0) is 35.7 Å². The zero-order chi connectivity index (χ0) is 23.4. The number of fused-ring (bicyclic) bond motifs is 2. The van der Waals surface area contributed by atoms with Crippen molar-refractivity contribution in [3.05, 3.63) is 60.2 Å². The minimum Gasteiger partial charge on any atom is -0.370 e. The van der Waals surface area contributed by atoms with Crippen LogP contribution in [-0.4, -0.2) is 64.7 Å². The summed E-state index contributed by atoms with van der Waals surface area (Å²) in [4.78, 5) is 35.5. The van der Waals surface area contributed by atoms with Gasteiger partial charge in [0.2, 0.25) is 5.91 Å². The Hall–Kier alpha value is -3.68. The Morgan fingerprint density at radius 2 is 1.74 bits per heavy atom. The van der Waals surface area contributed by atoms with E-state index in [9.17, 15) is 9.59 Å². The Bertz CT molecular complexity index is 1270. The molecule has 0 aliphatic carbocycles. The average molecular weight is 457 g/mol. The molecule has 0 N–H and O–H groups in total. The maximum atomic E-state index is 12.8. The largest absolute Gasteiger partial charge is 0.370 e. The van der Waals surface area contributed by atoms with Gasteiger partial charge in [-0.25, -0.2) is 0 Å². The number of likely N-dealkylation sites (tertiary alicyclic amines) is 1. The van der Waals surface area contributed by atoms with E-state index in [1.165, 1.54) is 5.56 Å². The van der Waals surface area contributed by atoms with Gasteiger partial charge in [0.25, 0.3) is 5.91 Å². The van der Waals surface area contributed by atoms with E-state index in [0.717, 1.165) is 55.1 Å². The average Bonchev–Trinajstić information content (AvgIpc) is 3.56. The molecule has 34 heavy (non-hydrogen) atoms. The summed E-state index contributed by atoms with van der Waals surface area (Å²) in [5, 5.41) is 4.13. The molecule has 2 atom stereocenters. The molecule has 0 radical (unpaired) electrons. The SMILES string of the molecule is CN1C(=O)CCc2cc(-c3cncc(N4C[C@H]5CN(C(=O)c6cnn(C)c6)C[C@H]5C4)c3)ccc21. The van der Waals surface area contributed by atoms with Gasteiger partial charge in [0.1, 0.15) is 0 Å². The van der Waals surface area contributed by atoms with Crippen molar-refractivity contribution < 1.29 is 9.59 Å². The molecule has 174 valence electrons. The normalized spacial score (nSPS) is 21.7. The molecule has 0 unspecified atom stereocenters. The molecule has 2 fully saturated rings. The van der Waals surface area contributed by atoms with E-state index in [-0.39, 0.29) is 11.8 Å². The lowest BCUT2D eigenvalue weighted by atomic mass is 9.96. The summed E-state index contributed by atoms with van der Waals surface area (Å²) < 4.78 is 1.67. The molecule has 3 aliphatic heterocycles. The van der Waals surface area contributed by atoms with Gasteiger partial charge in [-0.1, -0.05) is 6.07 Å². The first kappa shape index (κ1) is 20.9. The van der Waals surface area contributed by atoms with Crippen LogP contribution in [0.5, 0.6) is 0 Å². The maximum Gasteiger partial charge on any atom is 0.257 e. The summed E-state index contributed by atoms with van der Waals surface area (Å²) in [6.07, 6.45) is 8.63. The van der Waals surface area contributed by atoms with Gasteiger partial charge in [-0.2, -0.15) is 5.10 Å². The number of rotatable bonds is 3. The first-order valence-corrected chi connectivity index (χ1v) is 11.8. The van der Waals surface area contributed by atoms with Crippen LogP contribution in [0.15, 0.2) is 49.1 Å². The number of benzene rings is 1. The van der Waals surface area contributed by atoms with Crippen molar-refractivity contribution in [2.24, 2.45) is 18.9 Å². The number of amides is 2. The van der Waals surface area contributed by atoms with Crippen LogP contribution in [-0.2, 0) is 18.3 Å². The smallest absolute Gasteiger partial charge is 0.257 e. The second-order valence-corrected chi connectivity index (χ2v) is 9.77. The van der Waals surface area contributed by atoms with Crippen molar-refractivity contribution in [2.45, 2.75) is 12.8 Å². The molecule has 2 saturated heterocycles. The van der Waals surface area contributed by atoms with Crippen LogP contribution in [0.1, 0.15) is 22.3 Å². The molecule has 8 heteroatoms. The fraction of sp³-hybridized carbons (Fsp3) is 0.385. The van der Waals surface area contributed by atoms with Crippen molar-refractivity contribution in [3.63, 3.8) is 0 Å². The third-order valence-electron chi connectivity index (χ3n) is 7.57. The van der Waals surface area contributed by atoms with E-state index < -0.39 is 0 Å². The van der Waals surface area contributed by atoms with Crippen LogP contribution in [0.4, 0.5) is 11.4 Å². The van der Waals surface area contributed by atoms with Crippen LogP contribution in [0.2, 0.25) is 0 Å². The van der Waals surface area contributed by atoms with E-state index in [0.29, 0.717) is 23.8 Å². The van der Waals surface area contributed by atoms with E-state index in [1.807, 2.05) is 37.5 Å². The quantitative estimate of drug-likeness (QED) is 0.606. The van der Waals surface area contributed by atoms with Crippen molar-refractivity contribution >= 4 is 23.2 Å². The molecular formula is C26H28N6O2. The molecule has 6 rings (SSSR count). The van der Waals surface area contributed by atoms with Crippen molar-refractivity contribution in [1.82, 2.24) is 19.7 Å². The van der Waals surface area contributed by atoms with Crippen molar-refractivity contribution in [2.75, 3.05) is 43.0 Å². The van der Waals surface area contributed by atoms with Crippen LogP contribution in [0.25, 0.3) is 11.1 Å². The summed E-state index contributed by atoms with van der Waals surface area (Å²) in [5.74, 6) is 1.20. The number of carbonyl (C=O) groups is 2. The Kier molecular flexibility index (Phi) is 4.90. The van der Waals surface area contributed by atoms with Crippen LogP contribution in [0, 0.1) is 11.8 Å². The fourth-order valence-electron chi connectivity index (χ4n) is 5.68. The number of hydrogen-bond acceptors (Lipinski definition) is 5. The topological polar surface area (TPSA) is 74.6 Å². The number of hydrogen-bond donors (Lipinski definition) is 0. The molecule has 0 bridgehead atoms. The van der Waals surface area contributed by atoms with Gasteiger partial charge < -0.3 is 14.7 Å². The fourth-order valence-corrected chi connectivity index (χ4v) is 5.68. The third kappa shape index (κ3) is 3.54. The Morgan fingerprint density at radius 3 is 2.47 bits per heavy atom. The molecule has 0 saturated carbocycles. The molecule has 1 aromatic carbocycles. The highest BCUT2D eigenvalue weighted by molar-refractivity contribution is 5.96. The minimum absolute atomic E-state index is 0.0810.